The van der Waals surface area contributed by atoms with Crippen LogP contribution in [0, 0.1) is 11.8 Å². The summed E-state index contributed by atoms with van der Waals surface area (Å²) in [4.78, 5) is 8.32. The first kappa shape index (κ1) is 13.1. The van der Waals surface area contributed by atoms with Gasteiger partial charge in [-0.05, 0) is 36.8 Å². The molecule has 5 nitrogen and oxygen atoms in total. The van der Waals surface area contributed by atoms with Crippen LogP contribution < -0.4 is 5.32 Å². The van der Waals surface area contributed by atoms with Gasteiger partial charge in [-0.2, -0.15) is 5.10 Å². The Bertz CT molecular complexity index is 520. The van der Waals surface area contributed by atoms with Gasteiger partial charge in [0.05, 0.1) is 11.9 Å². The lowest BCUT2D eigenvalue weighted by atomic mass is 9.82. The van der Waals surface area contributed by atoms with Gasteiger partial charge in [0.15, 0.2) is 5.82 Å². The van der Waals surface area contributed by atoms with Crippen molar-refractivity contribution in [2.45, 2.75) is 32.6 Å². The molecule has 2 unspecified atom stereocenters. The lowest BCUT2D eigenvalue weighted by Gasteiger charge is -2.27. The van der Waals surface area contributed by atoms with E-state index in [9.17, 15) is 0 Å². The van der Waals surface area contributed by atoms with E-state index in [1.165, 1.54) is 32.0 Å². The number of hydrogen-bond donors (Lipinski definition) is 1. The first-order valence-electron chi connectivity index (χ1n) is 7.36. The number of rotatable bonds is 4. The molecule has 20 heavy (non-hydrogen) atoms. The van der Waals surface area contributed by atoms with Gasteiger partial charge in [-0.15, -0.1) is 0 Å². The highest BCUT2D eigenvalue weighted by Gasteiger charge is 2.18. The molecule has 0 spiro atoms. The standard InChI is InChI=1S/C15H21N5/c1-12-3-2-4-13(7-12)8-17-14-5-6-15(18-9-14)20-11-16-10-19-20/h5-6,9-13,17H,2-4,7-8H2,1H3. The van der Waals surface area contributed by atoms with Crippen LogP contribution in [0.5, 0.6) is 0 Å². The van der Waals surface area contributed by atoms with Crippen molar-refractivity contribution in [2.75, 3.05) is 11.9 Å². The van der Waals surface area contributed by atoms with E-state index in [2.05, 4.69) is 33.4 Å². The quantitative estimate of drug-likeness (QED) is 0.929. The molecule has 0 aromatic carbocycles. The van der Waals surface area contributed by atoms with Gasteiger partial charge in [-0.1, -0.05) is 19.8 Å². The maximum Gasteiger partial charge on any atom is 0.155 e. The van der Waals surface area contributed by atoms with Crippen LogP contribution in [-0.4, -0.2) is 26.3 Å². The van der Waals surface area contributed by atoms with Crippen LogP contribution in [0.3, 0.4) is 0 Å². The van der Waals surface area contributed by atoms with Crippen molar-refractivity contribution in [1.82, 2.24) is 19.7 Å². The molecule has 1 fully saturated rings. The van der Waals surface area contributed by atoms with E-state index in [0.717, 1.165) is 29.9 Å². The third-order valence-electron chi connectivity index (χ3n) is 4.04. The topological polar surface area (TPSA) is 55.6 Å². The lowest BCUT2D eigenvalue weighted by molar-refractivity contribution is 0.293. The lowest BCUT2D eigenvalue weighted by Crippen LogP contribution is -2.21. The summed E-state index contributed by atoms with van der Waals surface area (Å²) in [5, 5.41) is 7.57. The number of anilines is 1. The summed E-state index contributed by atoms with van der Waals surface area (Å²) in [5.41, 5.74) is 1.08. The maximum absolute atomic E-state index is 4.40. The Kier molecular flexibility index (Phi) is 3.95. The molecule has 1 aliphatic rings. The van der Waals surface area contributed by atoms with Crippen LogP contribution in [0.1, 0.15) is 32.6 Å². The number of aromatic nitrogens is 4. The molecule has 0 radical (unpaired) electrons. The highest BCUT2D eigenvalue weighted by molar-refractivity contribution is 5.43. The highest BCUT2D eigenvalue weighted by atomic mass is 15.3. The van der Waals surface area contributed by atoms with Crippen LogP contribution in [0.2, 0.25) is 0 Å². The van der Waals surface area contributed by atoms with Crippen LogP contribution in [0.15, 0.2) is 31.0 Å². The second kappa shape index (κ2) is 6.03. The van der Waals surface area contributed by atoms with E-state index in [4.69, 9.17) is 0 Å². The minimum atomic E-state index is 0.791. The molecule has 2 heterocycles. The van der Waals surface area contributed by atoms with E-state index in [0.29, 0.717) is 0 Å². The maximum atomic E-state index is 4.40. The molecule has 0 aliphatic heterocycles. The number of nitrogens with one attached hydrogen (secondary N) is 1. The van der Waals surface area contributed by atoms with Crippen LogP contribution in [-0.2, 0) is 0 Å². The van der Waals surface area contributed by atoms with Crippen molar-refractivity contribution in [2.24, 2.45) is 11.8 Å². The molecule has 5 heteroatoms. The summed E-state index contributed by atoms with van der Waals surface area (Å²) < 4.78 is 1.66. The Labute approximate surface area is 119 Å². The van der Waals surface area contributed by atoms with Gasteiger partial charge in [0, 0.05) is 6.54 Å². The summed E-state index contributed by atoms with van der Waals surface area (Å²) in [6, 6.07) is 4.01. The molecule has 0 saturated heterocycles. The minimum absolute atomic E-state index is 0.791. The molecule has 2 aromatic heterocycles. The van der Waals surface area contributed by atoms with Crippen molar-refractivity contribution >= 4 is 5.69 Å². The molecule has 0 bridgehead atoms. The monoisotopic (exact) mass is 271 g/mol. The predicted molar refractivity (Wildman–Crippen MR) is 78.8 cm³/mol. The first-order chi connectivity index (χ1) is 9.81. The van der Waals surface area contributed by atoms with Crippen LogP contribution >= 0.6 is 0 Å². The Hall–Kier alpha value is -1.91. The van der Waals surface area contributed by atoms with E-state index < -0.39 is 0 Å². The Morgan fingerprint density at radius 2 is 2.30 bits per heavy atom. The highest BCUT2D eigenvalue weighted by Crippen LogP contribution is 2.28. The summed E-state index contributed by atoms with van der Waals surface area (Å²) >= 11 is 0. The van der Waals surface area contributed by atoms with Gasteiger partial charge in [0.25, 0.3) is 0 Å². The predicted octanol–water partition coefficient (Wildman–Crippen LogP) is 2.90. The Morgan fingerprint density at radius 1 is 1.35 bits per heavy atom. The fourth-order valence-electron chi connectivity index (χ4n) is 2.96. The molecule has 1 aliphatic carbocycles. The van der Waals surface area contributed by atoms with E-state index in [1.54, 1.807) is 11.0 Å². The van der Waals surface area contributed by atoms with Crippen LogP contribution in [0.4, 0.5) is 5.69 Å². The second-order valence-corrected chi connectivity index (χ2v) is 5.76. The van der Waals surface area contributed by atoms with Crippen molar-refractivity contribution < 1.29 is 0 Å². The zero-order chi connectivity index (χ0) is 13.8. The molecule has 1 N–H and O–H groups in total. The zero-order valence-electron chi connectivity index (χ0n) is 11.9. The number of hydrogen-bond acceptors (Lipinski definition) is 4. The largest absolute Gasteiger partial charge is 0.384 e. The van der Waals surface area contributed by atoms with Gasteiger partial charge in [-0.3, -0.25) is 0 Å². The molecule has 0 amide bonds. The molecule has 2 atom stereocenters. The van der Waals surface area contributed by atoms with Crippen LogP contribution in [0.25, 0.3) is 5.82 Å². The number of nitrogens with zero attached hydrogens (tertiary/aromatic N) is 4. The zero-order valence-corrected chi connectivity index (χ0v) is 11.9. The first-order valence-corrected chi connectivity index (χ1v) is 7.36. The van der Waals surface area contributed by atoms with E-state index in [1.807, 2.05) is 12.3 Å². The van der Waals surface area contributed by atoms with Gasteiger partial charge in [0.2, 0.25) is 0 Å². The van der Waals surface area contributed by atoms with E-state index >= 15 is 0 Å². The summed E-state index contributed by atoms with van der Waals surface area (Å²) in [5.74, 6) is 2.47. The summed E-state index contributed by atoms with van der Waals surface area (Å²) in [6.07, 6.45) is 10.5. The SMILES string of the molecule is CC1CCCC(CNc2ccc(-n3cncn3)nc2)C1. The molecule has 3 rings (SSSR count). The smallest absolute Gasteiger partial charge is 0.155 e. The van der Waals surface area contributed by atoms with Crippen molar-refractivity contribution in [3.63, 3.8) is 0 Å². The second-order valence-electron chi connectivity index (χ2n) is 5.76. The molecular weight excluding hydrogens is 250 g/mol. The van der Waals surface area contributed by atoms with Crippen molar-refractivity contribution in [1.29, 1.82) is 0 Å². The van der Waals surface area contributed by atoms with Gasteiger partial charge in [0.1, 0.15) is 12.7 Å². The normalized spacial score (nSPS) is 22.6. The number of pyridine rings is 1. The fourth-order valence-corrected chi connectivity index (χ4v) is 2.96. The third-order valence-corrected chi connectivity index (χ3v) is 4.04. The van der Waals surface area contributed by atoms with Gasteiger partial charge in [-0.25, -0.2) is 14.6 Å². The Balaban J connectivity index is 1.56. The Morgan fingerprint density at radius 3 is 3.00 bits per heavy atom. The van der Waals surface area contributed by atoms with E-state index in [-0.39, 0.29) is 0 Å². The average molecular weight is 271 g/mol. The molecule has 1 saturated carbocycles. The van der Waals surface area contributed by atoms with Gasteiger partial charge >= 0.3 is 0 Å². The van der Waals surface area contributed by atoms with Gasteiger partial charge < -0.3 is 5.32 Å². The molecular formula is C15H21N5. The average Bonchev–Trinajstić information content (AvgIpc) is 3.00. The molecule has 2 aromatic rings. The summed E-state index contributed by atoms with van der Waals surface area (Å²) in [6.45, 7) is 3.41. The van der Waals surface area contributed by atoms with Crippen molar-refractivity contribution in [3.8, 4) is 5.82 Å². The third kappa shape index (κ3) is 3.15. The van der Waals surface area contributed by atoms with Crippen molar-refractivity contribution in [3.05, 3.63) is 31.0 Å². The fraction of sp³-hybridized carbons (Fsp3) is 0.533. The minimum Gasteiger partial charge on any atom is -0.384 e. The molecule has 106 valence electrons. The summed E-state index contributed by atoms with van der Waals surface area (Å²) in [7, 11) is 0.